The lowest BCUT2D eigenvalue weighted by Gasteiger charge is -2.44. The zero-order valence-electron chi connectivity index (χ0n) is 23.2. The predicted molar refractivity (Wildman–Crippen MR) is 155 cm³/mol. The van der Waals surface area contributed by atoms with E-state index in [1.165, 1.54) is 43.2 Å². The van der Waals surface area contributed by atoms with Gasteiger partial charge in [0, 0.05) is 24.4 Å². The van der Waals surface area contributed by atoms with Crippen LogP contribution in [0.15, 0.2) is 72.8 Å². The molecule has 4 nitrogen and oxygen atoms in total. The van der Waals surface area contributed by atoms with Crippen LogP contribution < -0.4 is 10.1 Å². The van der Waals surface area contributed by atoms with Crippen LogP contribution in [0.5, 0.6) is 5.75 Å². The quantitative estimate of drug-likeness (QED) is 0.295. The van der Waals surface area contributed by atoms with Gasteiger partial charge in [-0.05, 0) is 68.0 Å². The number of hydrogen-bond donors (Lipinski definition) is 1. The Morgan fingerprint density at radius 3 is 2.45 bits per heavy atom. The minimum Gasteiger partial charge on any atom is -0.485 e. The molecule has 2 aliphatic rings. The van der Waals surface area contributed by atoms with Crippen molar-refractivity contribution in [2.75, 3.05) is 11.9 Å². The lowest BCUT2D eigenvalue weighted by Crippen LogP contribution is -2.51. The van der Waals surface area contributed by atoms with E-state index in [-0.39, 0.29) is 12.2 Å². The van der Waals surface area contributed by atoms with Gasteiger partial charge in [0.1, 0.15) is 23.6 Å². The Morgan fingerprint density at radius 2 is 1.66 bits per heavy atom. The van der Waals surface area contributed by atoms with Crippen LogP contribution in [0, 0.1) is 12.8 Å². The normalized spacial score (nSPS) is 20.9. The van der Waals surface area contributed by atoms with Crippen LogP contribution in [-0.4, -0.2) is 18.3 Å². The van der Waals surface area contributed by atoms with Crippen molar-refractivity contribution >= 4 is 5.69 Å². The first kappa shape index (κ1) is 26.8. The van der Waals surface area contributed by atoms with Crippen LogP contribution in [0.3, 0.4) is 0 Å². The topological polar surface area (TPSA) is 39.7 Å². The molecule has 2 atom stereocenters. The summed E-state index contributed by atoms with van der Waals surface area (Å²) in [5.41, 5.74) is 5.36. The molecule has 0 aromatic heterocycles. The predicted octanol–water partition coefficient (Wildman–Crippen LogP) is 8.39. The van der Waals surface area contributed by atoms with Crippen molar-refractivity contribution in [2.45, 2.75) is 90.3 Å². The minimum atomic E-state index is -0.520. The highest BCUT2D eigenvalue weighted by atomic mass is 16.6. The van der Waals surface area contributed by atoms with Gasteiger partial charge in [0.05, 0.1) is 6.61 Å². The fourth-order valence-electron chi connectivity index (χ4n) is 5.91. The van der Waals surface area contributed by atoms with Gasteiger partial charge in [-0.2, -0.15) is 0 Å². The Morgan fingerprint density at radius 1 is 0.895 bits per heavy atom. The molecule has 0 saturated heterocycles. The second kappa shape index (κ2) is 12.4. The van der Waals surface area contributed by atoms with Gasteiger partial charge in [0.25, 0.3) is 0 Å². The van der Waals surface area contributed by atoms with Crippen molar-refractivity contribution in [3.63, 3.8) is 0 Å². The maximum atomic E-state index is 6.75. The minimum absolute atomic E-state index is 0.193. The van der Waals surface area contributed by atoms with Crippen LogP contribution in [0.4, 0.5) is 5.69 Å². The number of anilines is 1. The Hall–Kier alpha value is -2.82. The fraction of sp³-hybridized carbons (Fsp3) is 0.471. The van der Waals surface area contributed by atoms with Gasteiger partial charge < -0.3 is 19.5 Å². The monoisotopic (exact) mass is 513 g/mol. The van der Waals surface area contributed by atoms with Gasteiger partial charge in [-0.3, -0.25) is 0 Å². The molecule has 38 heavy (non-hydrogen) atoms. The Balaban J connectivity index is 1.37. The van der Waals surface area contributed by atoms with Crippen LogP contribution in [0.2, 0.25) is 0 Å². The van der Waals surface area contributed by atoms with Crippen molar-refractivity contribution in [3.8, 4) is 5.75 Å². The van der Waals surface area contributed by atoms with Crippen molar-refractivity contribution in [2.24, 2.45) is 5.92 Å². The first-order chi connectivity index (χ1) is 18.5. The molecule has 1 N–H and O–H groups in total. The second-order valence-corrected chi connectivity index (χ2v) is 11.5. The first-order valence-electron chi connectivity index (χ1n) is 14.4. The third-order valence-electron chi connectivity index (χ3n) is 8.21. The van der Waals surface area contributed by atoms with Gasteiger partial charge in [0.2, 0.25) is 0 Å². The molecule has 1 heterocycles. The highest BCUT2D eigenvalue weighted by Gasteiger charge is 2.45. The summed E-state index contributed by atoms with van der Waals surface area (Å²) in [6.45, 7) is 8.45. The number of ether oxygens (including phenoxy) is 3. The summed E-state index contributed by atoms with van der Waals surface area (Å²) in [6, 6.07) is 25.3. The SMILES string of the molecule is Cc1ccccc1CNc1ccc2c(c1)C(OCCC1CCCCC1)C(OCc1ccccc1)C(C)(C)O2. The molecular formula is C34H43NO3. The molecule has 0 amide bonds. The summed E-state index contributed by atoms with van der Waals surface area (Å²) in [4.78, 5) is 0. The van der Waals surface area contributed by atoms with Gasteiger partial charge in [0.15, 0.2) is 0 Å². The zero-order chi connectivity index (χ0) is 26.4. The number of benzene rings is 3. The maximum absolute atomic E-state index is 6.75. The van der Waals surface area contributed by atoms with Crippen molar-refractivity contribution < 1.29 is 14.2 Å². The van der Waals surface area contributed by atoms with E-state index in [9.17, 15) is 0 Å². The first-order valence-corrected chi connectivity index (χ1v) is 14.4. The van der Waals surface area contributed by atoms with Crippen molar-refractivity contribution in [3.05, 3.63) is 95.1 Å². The summed E-state index contributed by atoms with van der Waals surface area (Å²) in [6.07, 6.45) is 7.46. The average Bonchev–Trinajstić information content (AvgIpc) is 2.93. The van der Waals surface area contributed by atoms with Crippen LogP contribution in [0.25, 0.3) is 0 Å². The molecule has 5 rings (SSSR count). The third-order valence-corrected chi connectivity index (χ3v) is 8.21. The average molecular weight is 514 g/mol. The molecule has 0 spiro atoms. The highest BCUT2D eigenvalue weighted by Crippen LogP contribution is 2.45. The molecule has 2 unspecified atom stereocenters. The Labute approximate surface area is 228 Å². The van der Waals surface area contributed by atoms with Gasteiger partial charge in [-0.25, -0.2) is 0 Å². The maximum Gasteiger partial charge on any atom is 0.132 e. The molecule has 202 valence electrons. The van der Waals surface area contributed by atoms with Crippen molar-refractivity contribution in [1.82, 2.24) is 0 Å². The standard InChI is InChI=1S/C34H43NO3/c1-25-12-10-11-17-28(25)23-35-29-18-19-31-30(22-29)32(36-21-20-26-13-6-4-7-14-26)33(34(2,3)38-31)37-24-27-15-8-5-9-16-27/h5,8-12,15-19,22,26,32-33,35H,4,6-7,13-14,20-21,23-24H2,1-3H3. The van der Waals surface area contributed by atoms with E-state index in [1.807, 2.05) is 6.07 Å². The van der Waals surface area contributed by atoms with Crippen LogP contribution >= 0.6 is 0 Å². The van der Waals surface area contributed by atoms with Crippen molar-refractivity contribution in [1.29, 1.82) is 0 Å². The molecule has 1 saturated carbocycles. The summed E-state index contributed by atoms with van der Waals surface area (Å²) in [5, 5.41) is 3.62. The molecule has 0 bridgehead atoms. The lowest BCUT2D eigenvalue weighted by molar-refractivity contribution is -0.168. The van der Waals surface area contributed by atoms with Crippen LogP contribution in [0.1, 0.15) is 80.7 Å². The van der Waals surface area contributed by atoms with Gasteiger partial charge >= 0.3 is 0 Å². The van der Waals surface area contributed by atoms with E-state index in [2.05, 4.69) is 92.8 Å². The largest absolute Gasteiger partial charge is 0.485 e. The van der Waals surface area contributed by atoms with Crippen LogP contribution in [-0.2, 0) is 22.6 Å². The smallest absolute Gasteiger partial charge is 0.132 e. The number of hydrogen-bond acceptors (Lipinski definition) is 4. The Kier molecular flexibility index (Phi) is 8.71. The number of aryl methyl sites for hydroxylation is 1. The summed E-state index contributed by atoms with van der Waals surface area (Å²) < 4.78 is 19.9. The highest BCUT2D eigenvalue weighted by molar-refractivity contribution is 5.54. The second-order valence-electron chi connectivity index (χ2n) is 11.5. The summed E-state index contributed by atoms with van der Waals surface area (Å²) in [7, 11) is 0. The molecule has 3 aromatic carbocycles. The molecule has 1 aliphatic carbocycles. The van der Waals surface area contributed by atoms with E-state index in [0.717, 1.165) is 48.1 Å². The summed E-state index contributed by atoms with van der Waals surface area (Å²) >= 11 is 0. The third kappa shape index (κ3) is 6.59. The zero-order valence-corrected chi connectivity index (χ0v) is 23.2. The molecule has 4 heteroatoms. The van der Waals surface area contributed by atoms with E-state index in [1.54, 1.807) is 0 Å². The van der Waals surface area contributed by atoms with E-state index in [4.69, 9.17) is 14.2 Å². The van der Waals surface area contributed by atoms with Gasteiger partial charge in [-0.15, -0.1) is 0 Å². The lowest BCUT2D eigenvalue weighted by atomic mass is 9.86. The number of fused-ring (bicyclic) bond motifs is 1. The summed E-state index contributed by atoms with van der Waals surface area (Å²) in [5.74, 6) is 1.67. The molecule has 3 aromatic rings. The molecule has 1 aliphatic heterocycles. The van der Waals surface area contributed by atoms with E-state index < -0.39 is 5.60 Å². The van der Waals surface area contributed by atoms with E-state index in [0.29, 0.717) is 6.61 Å². The Bertz CT molecular complexity index is 1170. The number of rotatable bonds is 10. The van der Waals surface area contributed by atoms with E-state index >= 15 is 0 Å². The fourth-order valence-corrected chi connectivity index (χ4v) is 5.91. The van der Waals surface area contributed by atoms with Gasteiger partial charge in [-0.1, -0.05) is 86.7 Å². The molecule has 0 radical (unpaired) electrons. The molecule has 1 fully saturated rings. The molecular weight excluding hydrogens is 470 g/mol. The number of nitrogens with one attached hydrogen (secondary N) is 1.